The zero-order valence-electron chi connectivity index (χ0n) is 4.10. The van der Waals surface area contributed by atoms with E-state index in [0.717, 1.165) is 0 Å². The number of nitriles is 1. The van der Waals surface area contributed by atoms with Crippen LogP contribution in [0.3, 0.4) is 0 Å². The fraction of sp³-hybridized carbons (Fsp3) is 0.667. The van der Waals surface area contributed by atoms with Crippen molar-refractivity contribution in [3.8, 4) is 3.32 Å². The first-order valence-electron chi connectivity index (χ1n) is 1.75. The van der Waals surface area contributed by atoms with Crippen LogP contribution >= 0.6 is 0 Å². The minimum atomic E-state index is 0.250. The van der Waals surface area contributed by atoms with Gasteiger partial charge in [0, 0.05) is 6.61 Å². The second kappa shape index (κ2) is 18.0. The number of aliphatic hydroxyl groups is 1. The second-order valence-corrected chi connectivity index (χ2v) is 0.987. The van der Waals surface area contributed by atoms with Crippen molar-refractivity contribution < 1.29 is 5.11 Å². The SMILES string of the molecule is CCO.N#[C][Na]. The summed E-state index contributed by atoms with van der Waals surface area (Å²) in [7, 11) is 0. The molecule has 0 radical (unpaired) electrons. The Morgan fingerprint density at radius 2 is 2.00 bits per heavy atom. The molecule has 0 aliphatic heterocycles. The van der Waals surface area contributed by atoms with Gasteiger partial charge in [0.15, 0.2) is 0 Å². The summed E-state index contributed by atoms with van der Waals surface area (Å²) in [5, 5.41) is 15.0. The van der Waals surface area contributed by atoms with Gasteiger partial charge in [-0.3, -0.25) is 0 Å². The molecule has 1 N–H and O–H groups in total. The van der Waals surface area contributed by atoms with Crippen molar-refractivity contribution in [1.82, 2.24) is 0 Å². The summed E-state index contributed by atoms with van der Waals surface area (Å²) in [5.74, 6) is 0. The third-order valence-electron chi connectivity index (χ3n) is 0. The molecule has 0 aromatic carbocycles. The fourth-order valence-corrected chi connectivity index (χ4v) is 0. The Morgan fingerprint density at radius 1 is 2.00 bits per heavy atom. The first-order chi connectivity index (χ1) is 2.83. The summed E-state index contributed by atoms with van der Waals surface area (Å²) >= 11 is 0.674. The van der Waals surface area contributed by atoms with Gasteiger partial charge in [0.1, 0.15) is 0 Å². The Balaban J connectivity index is 0. The predicted octanol–water partition coefficient (Wildman–Crippen LogP) is -0.365. The molecule has 6 heavy (non-hydrogen) atoms. The van der Waals surface area contributed by atoms with Crippen LogP contribution in [0.4, 0.5) is 0 Å². The molecule has 0 aromatic rings. The average Bonchev–Trinajstić information content (AvgIpc) is 1.39. The van der Waals surface area contributed by atoms with Crippen LogP contribution in [0.15, 0.2) is 0 Å². The Morgan fingerprint density at radius 3 is 2.00 bits per heavy atom. The van der Waals surface area contributed by atoms with Crippen molar-refractivity contribution in [3.05, 3.63) is 0 Å². The molecule has 0 aliphatic rings. The quantitative estimate of drug-likeness (QED) is 0.417. The van der Waals surface area contributed by atoms with Crippen molar-refractivity contribution in [2.45, 2.75) is 6.92 Å². The Labute approximate surface area is 55.2 Å². The van der Waals surface area contributed by atoms with E-state index in [2.05, 4.69) is 0 Å². The van der Waals surface area contributed by atoms with E-state index in [-0.39, 0.29) is 6.61 Å². The first kappa shape index (κ1) is 9.67. The second-order valence-electron chi connectivity index (χ2n) is 0.540. The topological polar surface area (TPSA) is 44.0 Å². The van der Waals surface area contributed by atoms with Crippen molar-refractivity contribution in [2.75, 3.05) is 6.61 Å². The van der Waals surface area contributed by atoms with Crippen LogP contribution in [0.25, 0.3) is 0 Å². The van der Waals surface area contributed by atoms with Crippen LogP contribution < -0.4 is 0 Å². The van der Waals surface area contributed by atoms with E-state index >= 15 is 0 Å². The molecular weight excluding hydrogens is 89.0 g/mol. The van der Waals surface area contributed by atoms with E-state index in [1.54, 1.807) is 6.92 Å². The summed E-state index contributed by atoms with van der Waals surface area (Å²) in [6.07, 6.45) is 0. The van der Waals surface area contributed by atoms with Crippen molar-refractivity contribution in [2.24, 2.45) is 0 Å². The predicted molar refractivity (Wildman–Crippen MR) is 24.1 cm³/mol. The standard InChI is InChI=1S/C2H6O.CN.Na/c1-2-3;1-2;/h3H,2H2,1H3;;. The van der Waals surface area contributed by atoms with E-state index in [4.69, 9.17) is 10.4 Å². The van der Waals surface area contributed by atoms with Crippen LogP contribution in [-0.2, 0) is 0 Å². The molecule has 0 rings (SSSR count). The Kier molecular flexibility index (Phi) is 29.0. The number of hydrogen-bond acceptors (Lipinski definition) is 2. The number of aliphatic hydroxyl groups excluding tert-OH is 1. The summed E-state index contributed by atoms with van der Waals surface area (Å²) in [6, 6.07) is 0. The van der Waals surface area contributed by atoms with Crippen molar-refractivity contribution >= 4 is 27.9 Å². The van der Waals surface area contributed by atoms with Crippen molar-refractivity contribution in [1.29, 1.82) is 5.26 Å². The molecular formula is C3H6NNaO. The molecule has 2 nitrogen and oxygen atoms in total. The van der Waals surface area contributed by atoms with Gasteiger partial charge in [-0.2, -0.15) is 0 Å². The van der Waals surface area contributed by atoms with Gasteiger partial charge >= 0.3 is 36.5 Å². The van der Waals surface area contributed by atoms with Gasteiger partial charge in [0.2, 0.25) is 0 Å². The van der Waals surface area contributed by atoms with Crippen LogP contribution in [0.2, 0.25) is 0 Å². The number of hydrogen-bond donors (Lipinski definition) is 1. The monoisotopic (exact) mass is 95.0 g/mol. The maximum atomic E-state index is 7.57. The molecule has 0 amide bonds. The van der Waals surface area contributed by atoms with Crippen molar-refractivity contribution in [3.63, 3.8) is 0 Å². The molecule has 0 fully saturated rings. The molecule has 30 valence electrons. The molecule has 3 heteroatoms. The average molecular weight is 95.1 g/mol. The zero-order chi connectivity index (χ0) is 5.41. The van der Waals surface area contributed by atoms with Gasteiger partial charge < -0.3 is 5.11 Å². The summed E-state index contributed by atoms with van der Waals surface area (Å²) in [6.45, 7) is 1.93. The van der Waals surface area contributed by atoms with Gasteiger partial charge in [-0.15, -0.1) is 0 Å². The molecule has 0 saturated carbocycles. The Hall–Kier alpha value is 0.450. The van der Waals surface area contributed by atoms with Gasteiger partial charge in [-0.25, -0.2) is 0 Å². The minimum absolute atomic E-state index is 0.250. The molecule has 0 saturated heterocycles. The van der Waals surface area contributed by atoms with Crippen LogP contribution in [0, 0.1) is 8.58 Å². The molecule has 0 aliphatic carbocycles. The molecule has 0 heterocycles. The fourth-order valence-electron chi connectivity index (χ4n) is 0. The molecule has 0 unspecified atom stereocenters. The number of nitrogens with zero attached hydrogens (tertiary/aromatic N) is 1. The van der Waals surface area contributed by atoms with E-state index in [1.807, 2.05) is 3.32 Å². The van der Waals surface area contributed by atoms with E-state index in [1.165, 1.54) is 0 Å². The normalized spacial score (nSPS) is 4.50. The molecule has 0 spiro atoms. The van der Waals surface area contributed by atoms with Gasteiger partial charge in [0.05, 0.1) is 0 Å². The zero-order valence-corrected chi connectivity index (χ0v) is 6.10. The molecule has 0 aromatic heterocycles. The first-order valence-corrected chi connectivity index (χ1v) is 2.75. The van der Waals surface area contributed by atoms with Crippen LogP contribution in [0.5, 0.6) is 0 Å². The maximum absolute atomic E-state index is 7.57. The molecule has 0 bridgehead atoms. The number of rotatable bonds is 0. The molecule has 0 atom stereocenters. The summed E-state index contributed by atoms with van der Waals surface area (Å²) < 4.78 is 1.89. The van der Waals surface area contributed by atoms with Gasteiger partial charge in [-0.1, -0.05) is 0 Å². The van der Waals surface area contributed by atoms with Gasteiger partial charge in [0.25, 0.3) is 0 Å². The van der Waals surface area contributed by atoms with Gasteiger partial charge in [-0.05, 0) is 6.92 Å². The van der Waals surface area contributed by atoms with Crippen LogP contribution in [-0.4, -0.2) is 39.6 Å². The van der Waals surface area contributed by atoms with E-state index in [9.17, 15) is 0 Å². The third kappa shape index (κ3) is 262. The Bertz CT molecular complexity index is 40.5. The van der Waals surface area contributed by atoms with Crippen LogP contribution in [0.1, 0.15) is 6.92 Å². The third-order valence-corrected chi connectivity index (χ3v) is 0. The van der Waals surface area contributed by atoms with E-state index in [0.29, 0.717) is 27.9 Å². The van der Waals surface area contributed by atoms with E-state index < -0.39 is 0 Å². The summed E-state index contributed by atoms with van der Waals surface area (Å²) in [4.78, 5) is 0. The summed E-state index contributed by atoms with van der Waals surface area (Å²) in [5.41, 5.74) is 0.